The second-order valence-corrected chi connectivity index (χ2v) is 4.16. The number of rotatable bonds is 4. The minimum Gasteiger partial charge on any atom is -0.339 e. The van der Waals surface area contributed by atoms with Gasteiger partial charge in [-0.2, -0.15) is 0 Å². The molecule has 0 heterocycles. The predicted molar refractivity (Wildman–Crippen MR) is 62.9 cm³/mol. The van der Waals surface area contributed by atoms with Crippen molar-refractivity contribution in [3.8, 4) is 0 Å². The van der Waals surface area contributed by atoms with Gasteiger partial charge >= 0.3 is 0 Å². The Morgan fingerprint density at radius 3 is 2.71 bits per heavy atom. The number of carbonyl (C=O) groups excluding carboxylic acids is 1. The van der Waals surface area contributed by atoms with Crippen molar-refractivity contribution in [2.24, 2.45) is 0 Å². The third-order valence-corrected chi connectivity index (χ3v) is 2.88. The van der Waals surface area contributed by atoms with E-state index >= 15 is 0 Å². The Bertz CT molecular complexity index is 411. The van der Waals surface area contributed by atoms with Gasteiger partial charge in [0.15, 0.2) is 0 Å². The van der Waals surface area contributed by atoms with E-state index in [4.69, 9.17) is 11.6 Å². The third-order valence-electron chi connectivity index (χ3n) is 2.69. The molecule has 1 aromatic rings. The van der Waals surface area contributed by atoms with E-state index < -0.39 is 17.7 Å². The SMILES string of the molecule is CC(c1cc(F)ccc1F)N(C)C(=O)CCCl. The highest BCUT2D eigenvalue weighted by Crippen LogP contribution is 2.23. The molecule has 0 spiro atoms. The molecule has 0 saturated heterocycles. The number of amides is 1. The van der Waals surface area contributed by atoms with Crippen LogP contribution in [0.2, 0.25) is 0 Å². The van der Waals surface area contributed by atoms with Crippen LogP contribution in [0.3, 0.4) is 0 Å². The number of alkyl halides is 1. The lowest BCUT2D eigenvalue weighted by atomic mass is 10.1. The highest BCUT2D eigenvalue weighted by molar-refractivity contribution is 6.18. The molecule has 0 aliphatic heterocycles. The largest absolute Gasteiger partial charge is 0.339 e. The zero-order valence-electron chi connectivity index (χ0n) is 9.71. The number of halogens is 3. The van der Waals surface area contributed by atoms with E-state index in [0.29, 0.717) is 0 Å². The Kier molecular flexibility index (Phi) is 4.87. The van der Waals surface area contributed by atoms with Crippen molar-refractivity contribution in [3.05, 3.63) is 35.4 Å². The topological polar surface area (TPSA) is 20.3 Å². The molecule has 1 unspecified atom stereocenters. The molecule has 5 heteroatoms. The third kappa shape index (κ3) is 3.40. The van der Waals surface area contributed by atoms with E-state index in [0.717, 1.165) is 18.2 Å². The fourth-order valence-electron chi connectivity index (χ4n) is 1.52. The lowest BCUT2D eigenvalue weighted by molar-refractivity contribution is -0.131. The molecule has 0 aliphatic rings. The monoisotopic (exact) mass is 261 g/mol. The first kappa shape index (κ1) is 13.9. The molecular formula is C12H14ClF2NO. The first-order valence-corrected chi connectivity index (χ1v) is 5.77. The molecule has 0 N–H and O–H groups in total. The molecular weight excluding hydrogens is 248 g/mol. The zero-order valence-corrected chi connectivity index (χ0v) is 10.5. The molecule has 2 nitrogen and oxygen atoms in total. The van der Waals surface area contributed by atoms with Gasteiger partial charge in [-0.3, -0.25) is 4.79 Å². The Morgan fingerprint density at radius 1 is 1.47 bits per heavy atom. The number of carbonyl (C=O) groups is 1. The molecule has 0 aromatic heterocycles. The van der Waals surface area contributed by atoms with Crippen molar-refractivity contribution in [2.45, 2.75) is 19.4 Å². The van der Waals surface area contributed by atoms with Crippen LogP contribution in [0, 0.1) is 11.6 Å². The maximum Gasteiger partial charge on any atom is 0.224 e. The first-order valence-electron chi connectivity index (χ1n) is 5.24. The molecule has 1 rings (SSSR count). The predicted octanol–water partition coefficient (Wildman–Crippen LogP) is 3.11. The molecule has 0 fully saturated rings. The molecule has 0 bridgehead atoms. The maximum absolute atomic E-state index is 13.5. The van der Waals surface area contributed by atoms with Crippen molar-refractivity contribution in [2.75, 3.05) is 12.9 Å². The van der Waals surface area contributed by atoms with Gasteiger partial charge in [0.25, 0.3) is 0 Å². The van der Waals surface area contributed by atoms with Gasteiger partial charge in [-0.25, -0.2) is 8.78 Å². The summed E-state index contributed by atoms with van der Waals surface area (Å²) in [6.45, 7) is 1.64. The maximum atomic E-state index is 13.5. The fourth-order valence-corrected chi connectivity index (χ4v) is 1.68. The van der Waals surface area contributed by atoms with Crippen molar-refractivity contribution in [1.82, 2.24) is 4.90 Å². The first-order chi connectivity index (χ1) is 7.97. The van der Waals surface area contributed by atoms with Crippen LogP contribution in [0.1, 0.15) is 24.9 Å². The van der Waals surface area contributed by atoms with Crippen LogP contribution >= 0.6 is 11.6 Å². The second-order valence-electron chi connectivity index (χ2n) is 3.79. The van der Waals surface area contributed by atoms with Crippen LogP contribution in [0.4, 0.5) is 8.78 Å². The van der Waals surface area contributed by atoms with Gasteiger partial charge < -0.3 is 4.90 Å². The summed E-state index contributed by atoms with van der Waals surface area (Å²) in [6, 6.07) is 2.68. The van der Waals surface area contributed by atoms with E-state index in [9.17, 15) is 13.6 Å². The number of hydrogen-bond acceptors (Lipinski definition) is 1. The molecule has 0 saturated carbocycles. The minimum absolute atomic E-state index is 0.162. The summed E-state index contributed by atoms with van der Waals surface area (Å²) in [7, 11) is 1.55. The Hall–Kier alpha value is -1.16. The van der Waals surface area contributed by atoms with Crippen LogP contribution < -0.4 is 0 Å². The van der Waals surface area contributed by atoms with Crippen LogP contribution in [0.25, 0.3) is 0 Å². The van der Waals surface area contributed by atoms with Gasteiger partial charge in [0.1, 0.15) is 11.6 Å². The average Bonchev–Trinajstić information content (AvgIpc) is 2.30. The van der Waals surface area contributed by atoms with Crippen molar-refractivity contribution in [1.29, 1.82) is 0 Å². The Morgan fingerprint density at radius 2 is 2.12 bits per heavy atom. The Labute approximate surface area is 104 Å². The quantitative estimate of drug-likeness (QED) is 0.763. The molecule has 1 aromatic carbocycles. The zero-order chi connectivity index (χ0) is 13.0. The molecule has 94 valence electrons. The summed E-state index contributed by atoms with van der Waals surface area (Å²) in [5, 5.41) is 0. The highest BCUT2D eigenvalue weighted by Gasteiger charge is 2.20. The molecule has 0 radical (unpaired) electrons. The normalized spacial score (nSPS) is 12.3. The van der Waals surface area contributed by atoms with Gasteiger partial charge in [0.05, 0.1) is 6.04 Å². The number of benzene rings is 1. The van der Waals surface area contributed by atoms with Crippen LogP contribution in [0.5, 0.6) is 0 Å². The van der Waals surface area contributed by atoms with E-state index in [-0.39, 0.29) is 23.8 Å². The lowest BCUT2D eigenvalue weighted by Crippen LogP contribution is -2.30. The molecule has 1 amide bonds. The average molecular weight is 262 g/mol. The van der Waals surface area contributed by atoms with Gasteiger partial charge in [-0.15, -0.1) is 11.6 Å². The van der Waals surface area contributed by atoms with Crippen LogP contribution in [-0.2, 0) is 4.79 Å². The Balaban J connectivity index is 2.91. The van der Waals surface area contributed by atoms with Gasteiger partial charge in [0, 0.05) is 24.9 Å². The summed E-state index contributed by atoms with van der Waals surface area (Å²) >= 11 is 5.47. The van der Waals surface area contributed by atoms with E-state index in [1.807, 2.05) is 0 Å². The summed E-state index contributed by atoms with van der Waals surface area (Å²) in [5.74, 6) is -1.03. The summed E-state index contributed by atoms with van der Waals surface area (Å²) < 4.78 is 26.5. The van der Waals surface area contributed by atoms with Gasteiger partial charge in [-0.1, -0.05) is 0 Å². The number of hydrogen-bond donors (Lipinski definition) is 0. The summed E-state index contributed by atoms with van der Waals surface area (Å²) in [4.78, 5) is 12.9. The van der Waals surface area contributed by atoms with Crippen molar-refractivity contribution < 1.29 is 13.6 Å². The van der Waals surface area contributed by atoms with Gasteiger partial charge in [-0.05, 0) is 25.1 Å². The van der Waals surface area contributed by atoms with E-state index in [1.54, 1.807) is 14.0 Å². The minimum atomic E-state index is -0.526. The summed E-state index contributed by atoms with van der Waals surface area (Å²) in [5.41, 5.74) is 0.162. The summed E-state index contributed by atoms with van der Waals surface area (Å²) in [6.07, 6.45) is 0.180. The van der Waals surface area contributed by atoms with E-state index in [2.05, 4.69) is 0 Å². The van der Waals surface area contributed by atoms with Crippen LogP contribution in [-0.4, -0.2) is 23.7 Å². The van der Waals surface area contributed by atoms with Crippen molar-refractivity contribution in [3.63, 3.8) is 0 Å². The standard InChI is InChI=1S/C12H14ClF2NO/c1-8(16(2)12(17)5-6-13)10-7-9(14)3-4-11(10)15/h3-4,7-8H,5-6H2,1-2H3. The fraction of sp³-hybridized carbons (Fsp3) is 0.417. The van der Waals surface area contributed by atoms with Gasteiger partial charge in [0.2, 0.25) is 5.91 Å². The second kappa shape index (κ2) is 5.96. The lowest BCUT2D eigenvalue weighted by Gasteiger charge is -2.25. The molecule has 1 atom stereocenters. The highest BCUT2D eigenvalue weighted by atomic mass is 35.5. The molecule has 17 heavy (non-hydrogen) atoms. The smallest absolute Gasteiger partial charge is 0.224 e. The van der Waals surface area contributed by atoms with Crippen molar-refractivity contribution >= 4 is 17.5 Å². The van der Waals surface area contributed by atoms with Crippen LogP contribution in [0.15, 0.2) is 18.2 Å². The van der Waals surface area contributed by atoms with E-state index in [1.165, 1.54) is 4.90 Å². The number of nitrogens with zero attached hydrogens (tertiary/aromatic N) is 1. The molecule has 0 aliphatic carbocycles.